The van der Waals surface area contributed by atoms with Gasteiger partial charge >= 0.3 is 18.3 Å². The zero-order valence-corrected chi connectivity index (χ0v) is 97.2. The van der Waals surface area contributed by atoms with Crippen LogP contribution in [0.25, 0.3) is 0 Å². The zero-order chi connectivity index (χ0) is 103. The summed E-state index contributed by atoms with van der Waals surface area (Å²) < 4.78 is 37.5. The van der Waals surface area contributed by atoms with Crippen LogP contribution in [0.5, 0.6) is 0 Å². The second kappa shape index (κ2) is 44.4. The van der Waals surface area contributed by atoms with Gasteiger partial charge in [0, 0.05) is 89.0 Å². The average molecular weight is 1970 g/mol. The number of hydrogen-bond donors (Lipinski definition) is 7. The molecule has 12 aliphatic carbocycles. The SMILES string of the molecule is C[C@H]1CC[C@](C)([C@H]2CC[C@]3(C)/C(=N/O)CC[C@H]3[C@@H]2CNC(=O)OC(C)(C)C)[C@@H](CO[Si](C)(C)C(C)(C)C)C1.C[C@H]1CC[C@](C)([C@H]2CC[C@]3(C)C(=O)CC[C@H]3[C@@H]2CNC(=O)OC(C)(C)C)[C@@H](CO[Si](C)(C)C(C)(C)C)C1.C[C@H]1CC[C@](C)([C@H]2CC[C@]3(C)CC(=O)CC[C@H]3[C@@H]2CNC(=O)OC(C)(C)C)[C@@H](CO[Si](C)(C)C(C)(C)C)C1.C[C@]12CC[C@H]([C@@]3(C)CC[C@H](O)C[C@@H]3CO)[C@@H](CN)[C@@H]1CCC(=O)C2. The van der Waals surface area contributed by atoms with Gasteiger partial charge in [-0.25, -0.2) is 14.4 Å². The van der Waals surface area contributed by atoms with E-state index in [1.54, 1.807) is 0 Å². The van der Waals surface area contributed by atoms with Gasteiger partial charge < -0.3 is 64.6 Å². The summed E-state index contributed by atoms with van der Waals surface area (Å²) in [6.07, 6.45) is 29.1. The fourth-order valence-corrected chi connectivity index (χ4v) is 33.0. The predicted molar refractivity (Wildman–Crippen MR) is 565 cm³/mol. The number of alkyl carbamates (subject to hydrolysis) is 3. The molecule has 0 aromatic heterocycles. The highest BCUT2D eigenvalue weighted by atomic mass is 28.4. The third-order valence-electron chi connectivity index (χ3n) is 41.8. The maximum Gasteiger partial charge on any atom is 0.407 e. The monoisotopic (exact) mass is 1970 g/mol. The Morgan fingerprint density at radius 3 is 1.02 bits per heavy atom. The van der Waals surface area contributed by atoms with Crippen LogP contribution in [-0.4, -0.2) is 157 Å². The van der Waals surface area contributed by atoms with Crippen LogP contribution in [0.4, 0.5) is 14.4 Å². The van der Waals surface area contributed by atoms with Crippen molar-refractivity contribution in [3.8, 4) is 0 Å². The Kier molecular flexibility index (Phi) is 38.0. The lowest BCUT2D eigenvalue weighted by Crippen LogP contribution is -2.56. The number of carbonyl (C=O) groups is 6. The van der Waals surface area contributed by atoms with Crippen molar-refractivity contribution >= 4 is 66.3 Å². The molecular weight excluding hydrogens is 1760 g/mol. The Morgan fingerprint density at radius 1 is 0.387 bits per heavy atom. The van der Waals surface area contributed by atoms with E-state index in [0.717, 1.165) is 134 Å². The third kappa shape index (κ3) is 27.4. The first-order valence-corrected chi connectivity index (χ1v) is 64.1. The van der Waals surface area contributed by atoms with Gasteiger partial charge in [-0.15, -0.1) is 0 Å². The zero-order valence-electron chi connectivity index (χ0n) is 94.2. The van der Waals surface area contributed by atoms with Crippen molar-refractivity contribution in [3.63, 3.8) is 0 Å². The van der Waals surface area contributed by atoms with Gasteiger partial charge in [0.05, 0.1) is 11.8 Å². The highest BCUT2D eigenvalue weighted by Crippen LogP contribution is 2.68. The van der Waals surface area contributed by atoms with Crippen LogP contribution in [-0.2, 0) is 41.9 Å². The number of ether oxygens (including phenoxy) is 3. The Morgan fingerprint density at radius 2 is 0.686 bits per heavy atom. The van der Waals surface area contributed by atoms with E-state index in [2.05, 4.69) is 199 Å². The van der Waals surface area contributed by atoms with Crippen molar-refractivity contribution in [2.45, 2.75) is 471 Å². The summed E-state index contributed by atoms with van der Waals surface area (Å²) in [7, 11) is -5.56. The van der Waals surface area contributed by atoms with Gasteiger partial charge in [-0.2, -0.15) is 0 Å². The van der Waals surface area contributed by atoms with Crippen LogP contribution >= 0.6 is 0 Å². The standard InChI is InChI=1S/C32H59NO4Si.C31H58N2O4Si.C31H57NO4Si.C20H35NO3/c1-22-14-17-32(9,23(18-22)21-36-38(10,11)30(5,6)7)27-15-16-31(8)19-24(34)12-13-26(31)25(27)20-33-28(35)37-29(2,3)4;1-21-14-16-30(8,22(18-21)20-36-38(10,11)29(5,6)7)25-15-17-31(9)24(12-13-26(31)33-35)23(25)19-32-27(34)37-28(2,3)4;1-21-14-16-30(8,22(18-21)20-35-37(10,11)29(5,6)7)25-15-17-31(9)24(12-13-26(31)33)23(25)19-32-27(34)36-28(2,3)4;1-19-7-6-18(16(11-21)17(19)4-3-15(24)10-19)20(2)8-5-14(23)9-13(20)12-22/h22-23,25-27H,12-21H2,1-11H3,(H,33,35);21-25,35H,12-20H2,1-11H3,(H,32,34);21-25H,12-20H2,1-11H3,(H,32,34);13-14,16-18,22-23H,3-12,21H2,1-2H3/b;33-26+;;/t22-,23+,25-,26-,27-,31+,32-;2*21-,22+,23-,24-,25-,30-,31-;13-,14+,16+,17+,18+,19-,20+/m0001/s1. The number of aliphatic hydroxyl groups is 2. The molecule has 0 spiro atoms. The molecule has 0 aromatic rings. The molecule has 23 heteroatoms. The number of rotatable bonds is 21. The van der Waals surface area contributed by atoms with Gasteiger partial charge in [0.15, 0.2) is 25.0 Å². The number of carbonyl (C=O) groups excluding carboxylic acids is 6. The van der Waals surface area contributed by atoms with Crippen LogP contribution in [0.15, 0.2) is 5.16 Å². The second-order valence-corrected chi connectivity index (χ2v) is 71.9. The van der Waals surface area contributed by atoms with E-state index in [4.69, 9.17) is 33.2 Å². The Hall–Kier alpha value is -3.30. The second-order valence-electron chi connectivity index (χ2n) is 57.5. The van der Waals surface area contributed by atoms with Crippen molar-refractivity contribution in [1.29, 1.82) is 0 Å². The molecule has 0 aliphatic heterocycles. The summed E-state index contributed by atoms with van der Waals surface area (Å²) in [6, 6.07) is 0. The number of ketones is 3. The molecule has 0 heterocycles. The lowest BCUT2D eigenvalue weighted by atomic mass is 9.46. The molecule has 0 saturated heterocycles. The minimum Gasteiger partial charge on any atom is -0.444 e. The van der Waals surface area contributed by atoms with Gasteiger partial charge in [0.1, 0.15) is 34.2 Å². The summed E-state index contributed by atoms with van der Waals surface area (Å²) in [5, 5.41) is 43.7. The highest BCUT2D eigenvalue weighted by molar-refractivity contribution is 6.75. The quantitative estimate of drug-likeness (QED) is 0.0243. The van der Waals surface area contributed by atoms with Crippen LogP contribution in [0.3, 0.4) is 0 Å². The molecule has 792 valence electrons. The normalized spacial score (nSPS) is 39.5. The molecule has 20 nitrogen and oxygen atoms in total. The number of aliphatic hydroxyl groups excluding tert-OH is 2. The number of nitrogens with zero attached hydrogens (tertiary/aromatic N) is 1. The molecule has 12 rings (SSSR count). The third-order valence-corrected chi connectivity index (χ3v) is 55.3. The van der Waals surface area contributed by atoms with Gasteiger partial charge in [0.2, 0.25) is 0 Å². The van der Waals surface area contributed by atoms with Crippen molar-refractivity contribution < 1.29 is 71.7 Å². The Labute approximate surface area is 838 Å². The number of amides is 3. The first kappa shape index (κ1) is 117. The molecule has 12 saturated carbocycles. The summed E-state index contributed by atoms with van der Waals surface area (Å²) in [5.74, 6) is 10.1. The topological polar surface area (TPSA) is 293 Å². The fraction of sp³-hybridized carbons (Fsp3) is 0.939. The van der Waals surface area contributed by atoms with E-state index in [0.29, 0.717) is 170 Å². The van der Waals surface area contributed by atoms with Crippen molar-refractivity contribution in [1.82, 2.24) is 16.0 Å². The van der Waals surface area contributed by atoms with Crippen LogP contribution in [0.2, 0.25) is 54.4 Å². The maximum atomic E-state index is 13.1. The molecule has 8 N–H and O–H groups in total. The van der Waals surface area contributed by atoms with E-state index in [9.17, 15) is 44.2 Å². The van der Waals surface area contributed by atoms with E-state index in [1.165, 1.54) is 57.8 Å². The number of hydrogen-bond acceptors (Lipinski definition) is 17. The van der Waals surface area contributed by atoms with Gasteiger partial charge in [0.25, 0.3) is 0 Å². The lowest BCUT2D eigenvalue weighted by molar-refractivity contribution is -0.138. The molecule has 137 heavy (non-hydrogen) atoms. The van der Waals surface area contributed by atoms with Crippen LogP contribution in [0.1, 0.15) is 393 Å². The minimum atomic E-state index is -1.86. The molecule has 12 aliphatic rings. The van der Waals surface area contributed by atoms with E-state index >= 15 is 0 Å². The smallest absolute Gasteiger partial charge is 0.407 e. The summed E-state index contributed by atoms with van der Waals surface area (Å²) in [6.45, 7) is 83.7. The van der Waals surface area contributed by atoms with Gasteiger partial charge in [-0.1, -0.05) is 163 Å². The molecule has 12 fully saturated rings. The predicted octanol–water partition coefficient (Wildman–Crippen LogP) is 27.1. The van der Waals surface area contributed by atoms with Gasteiger partial charge in [-0.05, 0) is 409 Å². The number of Topliss-reactive ketones (excluding diaryl/α,β-unsaturated/α-hetero) is 3. The molecule has 0 aromatic carbocycles. The maximum absolute atomic E-state index is 13.1. The van der Waals surface area contributed by atoms with Crippen molar-refractivity contribution in [3.05, 3.63) is 0 Å². The van der Waals surface area contributed by atoms with Gasteiger partial charge in [-0.3, -0.25) is 14.4 Å². The van der Waals surface area contributed by atoms with Crippen LogP contribution < -0.4 is 21.7 Å². The molecule has 3 amide bonds. The number of fused-ring (bicyclic) bond motifs is 4. The number of oxime groups is 1. The molecular formula is C114H209N5O15Si3. The van der Waals surface area contributed by atoms with E-state index in [-0.39, 0.29) is 101 Å². The van der Waals surface area contributed by atoms with Crippen molar-refractivity contribution in [2.75, 3.05) is 52.6 Å². The largest absolute Gasteiger partial charge is 0.444 e. The first-order chi connectivity index (χ1) is 62.7. The average Bonchev–Trinajstić information content (AvgIpc) is 1.72. The molecule has 28 atom stereocenters. The first-order valence-electron chi connectivity index (χ1n) is 55.3. The number of nitrogens with one attached hydrogen (secondary N) is 3. The summed E-state index contributed by atoms with van der Waals surface area (Å²) in [4.78, 5) is 75.8. The molecule has 0 unspecified atom stereocenters. The molecule has 0 radical (unpaired) electrons. The van der Waals surface area contributed by atoms with Crippen LogP contribution in [0, 0.1) is 156 Å². The van der Waals surface area contributed by atoms with E-state index in [1.807, 2.05) is 62.3 Å². The highest BCUT2D eigenvalue weighted by Gasteiger charge is 2.64. The summed E-state index contributed by atoms with van der Waals surface area (Å²) >= 11 is 0. The van der Waals surface area contributed by atoms with E-state index < -0.39 is 41.8 Å². The Balaban J connectivity index is 0.000000207. The van der Waals surface area contributed by atoms with Crippen molar-refractivity contribution in [2.24, 2.45) is 167 Å². The number of nitrogens with two attached hydrogens (primary N) is 1. The minimum absolute atomic E-state index is 0.0393. The molecule has 0 bridgehead atoms. The summed E-state index contributed by atoms with van der Waals surface area (Å²) in [5.41, 5.74) is 5.99. The lowest BCUT2D eigenvalue weighted by Gasteiger charge is -2.59. The Bertz CT molecular complexity index is 4060. The fourth-order valence-electron chi connectivity index (χ4n) is 29.8.